The molecule has 3 nitrogen and oxygen atoms in total. The highest BCUT2D eigenvalue weighted by Crippen LogP contribution is 2.49. The lowest BCUT2D eigenvalue weighted by molar-refractivity contribution is -0.139. The molecule has 2 aromatic carbocycles. The summed E-state index contributed by atoms with van der Waals surface area (Å²) in [4.78, 5) is 12.0. The number of esters is 1. The molecular weight excluding hydrogens is 383 g/mol. The summed E-state index contributed by atoms with van der Waals surface area (Å²) >= 11 is 12.2. The van der Waals surface area contributed by atoms with E-state index in [0.717, 1.165) is 40.8 Å². The molecule has 2 aromatic rings. The average Bonchev–Trinajstić information content (AvgIpc) is 2.92. The van der Waals surface area contributed by atoms with Crippen LogP contribution in [0.5, 0.6) is 5.75 Å². The van der Waals surface area contributed by atoms with Crippen LogP contribution in [-0.2, 0) is 22.6 Å². The summed E-state index contributed by atoms with van der Waals surface area (Å²) in [5.41, 5.74) is 5.96. The average molecular weight is 403 g/mol. The largest absolute Gasteiger partial charge is 0.489 e. The number of rotatable bonds is 3. The molecule has 0 unspecified atom stereocenters. The molecule has 5 heteroatoms. The lowest BCUT2D eigenvalue weighted by atomic mass is 9.76. The Hall–Kier alpha value is -1.97. The SMILES string of the molecule is C=C1C(=O)O[C@H]2c3c(C)c(OCc4ccc(Cl)cc4Cl)cc(C)c3CC[C@@H]12. The van der Waals surface area contributed by atoms with Crippen LogP contribution in [0.25, 0.3) is 0 Å². The van der Waals surface area contributed by atoms with Gasteiger partial charge < -0.3 is 9.47 Å². The molecule has 0 saturated carbocycles. The Kier molecular flexibility index (Phi) is 4.69. The topological polar surface area (TPSA) is 35.5 Å². The standard InChI is InChI=1S/C22H20Cl2O3/c1-11-8-19(26-10-14-4-5-15(23)9-18(14)24)13(3)20-16(11)6-7-17-12(2)22(25)27-21(17)20/h4-5,8-9,17,21H,2,6-7,10H2,1,3H3/t17-,21+/m0/s1. The minimum atomic E-state index is -0.283. The normalized spacial score (nSPS) is 20.9. The number of ether oxygens (including phenoxy) is 2. The van der Waals surface area contributed by atoms with Gasteiger partial charge in [-0.1, -0.05) is 35.8 Å². The third-order valence-electron chi connectivity index (χ3n) is 5.62. The Morgan fingerprint density at radius 1 is 1.26 bits per heavy atom. The summed E-state index contributed by atoms with van der Waals surface area (Å²) in [5, 5.41) is 1.18. The van der Waals surface area contributed by atoms with Gasteiger partial charge in [0, 0.05) is 32.7 Å². The Bertz CT molecular complexity index is 965. The molecule has 0 radical (unpaired) electrons. The van der Waals surface area contributed by atoms with Gasteiger partial charge in [-0.25, -0.2) is 4.79 Å². The first-order valence-electron chi connectivity index (χ1n) is 8.96. The minimum Gasteiger partial charge on any atom is -0.489 e. The zero-order valence-corrected chi connectivity index (χ0v) is 16.8. The summed E-state index contributed by atoms with van der Waals surface area (Å²) in [6, 6.07) is 7.43. The van der Waals surface area contributed by atoms with Gasteiger partial charge in [0.2, 0.25) is 0 Å². The van der Waals surface area contributed by atoms with E-state index in [0.29, 0.717) is 22.2 Å². The van der Waals surface area contributed by atoms with Gasteiger partial charge in [0.25, 0.3) is 0 Å². The number of halogens is 2. The molecule has 1 aliphatic heterocycles. The van der Waals surface area contributed by atoms with Crippen molar-refractivity contribution in [1.29, 1.82) is 0 Å². The van der Waals surface area contributed by atoms with Crippen molar-refractivity contribution in [2.75, 3.05) is 0 Å². The predicted molar refractivity (Wildman–Crippen MR) is 106 cm³/mol. The molecule has 0 aromatic heterocycles. The second-order valence-electron chi connectivity index (χ2n) is 7.23. The number of benzene rings is 2. The van der Waals surface area contributed by atoms with Crippen molar-refractivity contribution in [3.63, 3.8) is 0 Å². The monoisotopic (exact) mass is 402 g/mol. The molecule has 1 aliphatic carbocycles. The number of hydrogen-bond acceptors (Lipinski definition) is 3. The molecule has 2 atom stereocenters. The van der Waals surface area contributed by atoms with Crippen molar-refractivity contribution in [3.8, 4) is 5.75 Å². The number of carbonyl (C=O) groups excluding carboxylic acids is 1. The van der Waals surface area contributed by atoms with Crippen molar-refractivity contribution in [1.82, 2.24) is 0 Å². The molecule has 1 heterocycles. The van der Waals surface area contributed by atoms with E-state index in [2.05, 4.69) is 19.6 Å². The molecule has 2 aliphatic rings. The van der Waals surface area contributed by atoms with E-state index in [4.69, 9.17) is 32.7 Å². The molecular formula is C22H20Cl2O3. The second-order valence-corrected chi connectivity index (χ2v) is 8.07. The van der Waals surface area contributed by atoms with Gasteiger partial charge in [0.1, 0.15) is 18.5 Å². The minimum absolute atomic E-state index is 0.0593. The van der Waals surface area contributed by atoms with Crippen LogP contribution >= 0.6 is 23.2 Å². The zero-order chi connectivity index (χ0) is 19.3. The fourth-order valence-corrected chi connectivity index (χ4v) is 4.58. The second kappa shape index (κ2) is 6.88. The van der Waals surface area contributed by atoms with Gasteiger partial charge in [-0.05, 0) is 61.6 Å². The summed E-state index contributed by atoms with van der Waals surface area (Å²) in [6.45, 7) is 8.37. The summed E-state index contributed by atoms with van der Waals surface area (Å²) in [7, 11) is 0. The van der Waals surface area contributed by atoms with Gasteiger partial charge in [0.05, 0.1) is 0 Å². The number of carbonyl (C=O) groups is 1. The Balaban J connectivity index is 1.68. The maximum atomic E-state index is 12.0. The van der Waals surface area contributed by atoms with Crippen molar-refractivity contribution >= 4 is 29.2 Å². The van der Waals surface area contributed by atoms with E-state index < -0.39 is 0 Å². The van der Waals surface area contributed by atoms with Crippen molar-refractivity contribution < 1.29 is 14.3 Å². The smallest absolute Gasteiger partial charge is 0.334 e. The van der Waals surface area contributed by atoms with Gasteiger partial charge in [-0.3, -0.25) is 0 Å². The molecule has 0 amide bonds. The van der Waals surface area contributed by atoms with E-state index in [-0.39, 0.29) is 18.0 Å². The summed E-state index contributed by atoms with van der Waals surface area (Å²) in [6.07, 6.45) is 1.56. The molecule has 1 fully saturated rings. The van der Waals surface area contributed by atoms with Crippen LogP contribution < -0.4 is 4.74 Å². The maximum absolute atomic E-state index is 12.0. The molecule has 4 rings (SSSR count). The first-order chi connectivity index (χ1) is 12.9. The van der Waals surface area contributed by atoms with E-state index in [1.807, 2.05) is 13.0 Å². The third kappa shape index (κ3) is 3.13. The van der Waals surface area contributed by atoms with Crippen LogP contribution in [0.1, 0.15) is 40.3 Å². The zero-order valence-electron chi connectivity index (χ0n) is 15.3. The Labute approximate surface area is 168 Å². The van der Waals surface area contributed by atoms with Crippen LogP contribution in [0.2, 0.25) is 10.0 Å². The lowest BCUT2D eigenvalue weighted by Crippen LogP contribution is -2.20. The number of fused-ring (bicyclic) bond motifs is 3. The maximum Gasteiger partial charge on any atom is 0.334 e. The molecule has 140 valence electrons. The van der Waals surface area contributed by atoms with Gasteiger partial charge in [-0.2, -0.15) is 0 Å². The lowest BCUT2D eigenvalue weighted by Gasteiger charge is -2.30. The number of aryl methyl sites for hydroxylation is 1. The van der Waals surface area contributed by atoms with Gasteiger partial charge in [-0.15, -0.1) is 0 Å². The highest BCUT2D eigenvalue weighted by molar-refractivity contribution is 6.35. The summed E-state index contributed by atoms with van der Waals surface area (Å²) < 4.78 is 11.8. The first kappa shape index (κ1) is 18.4. The number of hydrogen-bond donors (Lipinski definition) is 0. The van der Waals surface area contributed by atoms with Crippen molar-refractivity contribution in [2.45, 2.75) is 39.4 Å². The molecule has 0 spiro atoms. The van der Waals surface area contributed by atoms with Crippen LogP contribution in [0.15, 0.2) is 36.4 Å². The molecule has 0 bridgehead atoms. The highest BCUT2D eigenvalue weighted by Gasteiger charge is 2.44. The quantitative estimate of drug-likeness (QED) is 0.473. The van der Waals surface area contributed by atoms with Gasteiger partial charge in [0.15, 0.2) is 0 Å². The van der Waals surface area contributed by atoms with E-state index >= 15 is 0 Å². The van der Waals surface area contributed by atoms with Crippen molar-refractivity contribution in [2.24, 2.45) is 5.92 Å². The molecule has 1 saturated heterocycles. The van der Waals surface area contributed by atoms with Gasteiger partial charge >= 0.3 is 5.97 Å². The molecule has 27 heavy (non-hydrogen) atoms. The van der Waals surface area contributed by atoms with Crippen LogP contribution in [-0.4, -0.2) is 5.97 Å². The highest BCUT2D eigenvalue weighted by atomic mass is 35.5. The van der Waals surface area contributed by atoms with Crippen molar-refractivity contribution in [3.05, 3.63) is 74.3 Å². The fourth-order valence-electron chi connectivity index (χ4n) is 4.12. The van der Waals surface area contributed by atoms with Crippen LogP contribution in [0.4, 0.5) is 0 Å². The summed E-state index contributed by atoms with van der Waals surface area (Å²) in [5.74, 6) is 0.560. The first-order valence-corrected chi connectivity index (χ1v) is 9.72. The predicted octanol–water partition coefficient (Wildman–Crippen LogP) is 5.91. The fraction of sp³-hybridized carbons (Fsp3) is 0.318. The Morgan fingerprint density at radius 3 is 2.78 bits per heavy atom. The third-order valence-corrected chi connectivity index (χ3v) is 6.21. The Morgan fingerprint density at radius 2 is 2.04 bits per heavy atom. The van der Waals surface area contributed by atoms with E-state index in [9.17, 15) is 4.79 Å². The van der Waals surface area contributed by atoms with Crippen LogP contribution in [0.3, 0.4) is 0 Å². The molecule has 0 N–H and O–H groups in total. The van der Waals surface area contributed by atoms with E-state index in [1.165, 1.54) is 5.56 Å². The van der Waals surface area contributed by atoms with E-state index in [1.54, 1.807) is 12.1 Å². The van der Waals surface area contributed by atoms with Crippen LogP contribution in [0, 0.1) is 19.8 Å².